The van der Waals surface area contributed by atoms with Crippen molar-refractivity contribution in [3.05, 3.63) is 114 Å². The molecule has 0 spiro atoms. The number of carboxylic acid groups (broad SMARTS) is 2. The molecular formula is C39H43F6N3O6. The SMILES string of the molecule is CCCC[C@H]1CN(C(=O)c2cccc3ccccc23)CCN1CC(N)Cc1ccccc1OCc1ccccc1.O=C(O)C(F)(F)F.O=C(O)C(F)(F)F. The fourth-order valence-electron chi connectivity index (χ4n) is 5.81. The van der Waals surface area contributed by atoms with Gasteiger partial charge in [-0.2, -0.15) is 26.3 Å². The van der Waals surface area contributed by atoms with Gasteiger partial charge in [-0.15, -0.1) is 0 Å². The van der Waals surface area contributed by atoms with Gasteiger partial charge in [0.25, 0.3) is 5.91 Å². The van der Waals surface area contributed by atoms with Crippen molar-refractivity contribution < 1.29 is 55.7 Å². The van der Waals surface area contributed by atoms with Crippen molar-refractivity contribution in [2.24, 2.45) is 5.73 Å². The van der Waals surface area contributed by atoms with Crippen LogP contribution in [0.25, 0.3) is 10.8 Å². The summed E-state index contributed by atoms with van der Waals surface area (Å²) in [6.07, 6.45) is -6.07. The average Bonchev–Trinajstić information content (AvgIpc) is 3.13. The Morgan fingerprint density at radius 1 is 0.815 bits per heavy atom. The Balaban J connectivity index is 0.000000476. The van der Waals surface area contributed by atoms with Crippen LogP contribution in [0.4, 0.5) is 26.3 Å². The number of amides is 1. The van der Waals surface area contributed by atoms with Crippen LogP contribution in [0.15, 0.2) is 97.1 Å². The molecule has 1 fully saturated rings. The summed E-state index contributed by atoms with van der Waals surface area (Å²) in [6, 6.07) is 32.9. The van der Waals surface area contributed by atoms with Crippen LogP contribution in [-0.4, -0.2) is 88.5 Å². The summed E-state index contributed by atoms with van der Waals surface area (Å²) < 4.78 is 69.7. The second-order valence-corrected chi connectivity index (χ2v) is 12.5. The number of nitrogens with zero attached hydrogens (tertiary/aromatic N) is 2. The molecule has 1 aliphatic heterocycles. The molecule has 4 aromatic carbocycles. The highest BCUT2D eigenvalue weighted by molar-refractivity contribution is 6.07. The molecule has 1 saturated heterocycles. The predicted molar refractivity (Wildman–Crippen MR) is 191 cm³/mol. The van der Waals surface area contributed by atoms with E-state index < -0.39 is 24.3 Å². The maximum Gasteiger partial charge on any atom is 0.490 e. The molecule has 0 saturated carbocycles. The number of carbonyl (C=O) groups excluding carboxylic acids is 1. The first-order valence-electron chi connectivity index (χ1n) is 17.1. The zero-order chi connectivity index (χ0) is 39.9. The fraction of sp³-hybridized carbons (Fsp3) is 0.359. The van der Waals surface area contributed by atoms with Crippen LogP contribution < -0.4 is 10.5 Å². The van der Waals surface area contributed by atoms with E-state index in [0.29, 0.717) is 19.2 Å². The molecule has 54 heavy (non-hydrogen) atoms. The van der Waals surface area contributed by atoms with Crippen molar-refractivity contribution in [3.63, 3.8) is 0 Å². The third-order valence-electron chi connectivity index (χ3n) is 8.45. The van der Waals surface area contributed by atoms with Crippen LogP contribution in [0.2, 0.25) is 0 Å². The standard InChI is InChI=1S/C35H41N3O2.2C2HF3O2/c1-2-3-17-31-25-38(35(39)33-19-11-16-28-14-7-9-18-32(28)33)22-21-37(31)24-30(36)23-29-15-8-10-20-34(29)40-26-27-12-5-4-6-13-27;2*3-2(4,5)1(6)7/h4-16,18-20,30-31H,2-3,17,21-26,36H2,1H3;2*(H,6,7)/t30?,31-;;/m0../s1. The van der Waals surface area contributed by atoms with Crippen LogP contribution in [0, 0.1) is 0 Å². The number of unbranched alkanes of at least 4 members (excludes halogenated alkanes) is 1. The average molecular weight is 764 g/mol. The van der Waals surface area contributed by atoms with Gasteiger partial charge in [0.1, 0.15) is 12.4 Å². The van der Waals surface area contributed by atoms with Crippen LogP contribution >= 0.6 is 0 Å². The summed E-state index contributed by atoms with van der Waals surface area (Å²) in [5, 5.41) is 16.4. The summed E-state index contributed by atoms with van der Waals surface area (Å²) in [7, 11) is 0. The molecule has 9 nitrogen and oxygen atoms in total. The molecule has 5 rings (SSSR count). The molecule has 0 radical (unpaired) electrons. The van der Waals surface area contributed by atoms with E-state index in [0.717, 1.165) is 78.5 Å². The van der Waals surface area contributed by atoms with Crippen LogP contribution in [0.1, 0.15) is 47.7 Å². The zero-order valence-electron chi connectivity index (χ0n) is 29.5. The summed E-state index contributed by atoms with van der Waals surface area (Å²) in [5.41, 5.74) is 9.86. The molecule has 292 valence electrons. The second kappa shape index (κ2) is 20.3. The number of aliphatic carboxylic acids is 2. The Morgan fingerprint density at radius 2 is 1.39 bits per heavy atom. The maximum atomic E-state index is 13.7. The van der Waals surface area contributed by atoms with Gasteiger partial charge in [0.2, 0.25) is 0 Å². The summed E-state index contributed by atoms with van der Waals surface area (Å²) in [6.45, 7) is 5.87. The molecule has 2 atom stereocenters. The maximum absolute atomic E-state index is 13.7. The van der Waals surface area contributed by atoms with Crippen molar-refractivity contribution >= 4 is 28.6 Å². The number of piperazine rings is 1. The lowest BCUT2D eigenvalue weighted by atomic mass is 9.99. The number of rotatable bonds is 11. The van der Waals surface area contributed by atoms with Gasteiger partial charge in [0.05, 0.1) is 0 Å². The molecule has 1 unspecified atom stereocenters. The predicted octanol–water partition coefficient (Wildman–Crippen LogP) is 7.57. The Kier molecular flexibility index (Phi) is 16.3. The molecule has 0 bridgehead atoms. The highest BCUT2D eigenvalue weighted by Gasteiger charge is 2.39. The largest absolute Gasteiger partial charge is 0.490 e. The van der Waals surface area contributed by atoms with Crippen LogP contribution in [0.3, 0.4) is 0 Å². The van der Waals surface area contributed by atoms with E-state index in [9.17, 15) is 31.1 Å². The van der Waals surface area contributed by atoms with Crippen molar-refractivity contribution in [3.8, 4) is 5.75 Å². The Hall–Kier alpha value is -5.15. The van der Waals surface area contributed by atoms with Crippen molar-refractivity contribution in [1.82, 2.24) is 9.80 Å². The number of hydrogen-bond acceptors (Lipinski definition) is 6. The van der Waals surface area contributed by atoms with Gasteiger partial charge in [-0.05, 0) is 46.9 Å². The first kappa shape index (κ1) is 43.3. The Morgan fingerprint density at radius 3 is 2.02 bits per heavy atom. The Bertz CT molecular complexity index is 1780. The van der Waals surface area contributed by atoms with Crippen molar-refractivity contribution in [2.75, 3.05) is 26.2 Å². The van der Waals surface area contributed by atoms with E-state index in [-0.39, 0.29) is 11.9 Å². The van der Waals surface area contributed by atoms with Gasteiger partial charge in [-0.1, -0.05) is 105 Å². The van der Waals surface area contributed by atoms with E-state index in [1.165, 1.54) is 0 Å². The number of ether oxygens (including phenoxy) is 1. The quantitative estimate of drug-likeness (QED) is 0.133. The normalized spacial score (nSPS) is 15.3. The van der Waals surface area contributed by atoms with E-state index in [1.54, 1.807) is 0 Å². The first-order chi connectivity index (χ1) is 25.5. The lowest BCUT2D eigenvalue weighted by Crippen LogP contribution is -2.57. The number of alkyl halides is 6. The number of para-hydroxylation sites is 1. The van der Waals surface area contributed by atoms with Crippen LogP contribution in [-0.2, 0) is 22.6 Å². The minimum Gasteiger partial charge on any atom is -0.489 e. The molecule has 15 heteroatoms. The Labute approximate surface area is 308 Å². The lowest BCUT2D eigenvalue weighted by molar-refractivity contribution is -0.193. The van der Waals surface area contributed by atoms with Gasteiger partial charge < -0.3 is 25.6 Å². The monoisotopic (exact) mass is 763 g/mol. The minimum absolute atomic E-state index is 0.0223. The second-order valence-electron chi connectivity index (χ2n) is 12.5. The summed E-state index contributed by atoms with van der Waals surface area (Å²) in [5.74, 6) is -4.48. The van der Waals surface area contributed by atoms with Crippen molar-refractivity contribution in [2.45, 2.75) is 63.7 Å². The van der Waals surface area contributed by atoms with Gasteiger partial charge in [0, 0.05) is 43.8 Å². The molecule has 0 aromatic heterocycles. The van der Waals surface area contributed by atoms with Gasteiger partial charge in [-0.3, -0.25) is 9.69 Å². The number of carboxylic acids is 2. The van der Waals surface area contributed by atoms with Gasteiger partial charge in [-0.25, -0.2) is 9.59 Å². The summed E-state index contributed by atoms with van der Waals surface area (Å²) >= 11 is 0. The number of nitrogens with two attached hydrogens (primary N) is 1. The molecular weight excluding hydrogens is 720 g/mol. The van der Waals surface area contributed by atoms with Gasteiger partial charge in [0.15, 0.2) is 0 Å². The highest BCUT2D eigenvalue weighted by atomic mass is 19.4. The first-order valence-corrected chi connectivity index (χ1v) is 17.1. The molecule has 1 amide bonds. The minimum atomic E-state index is -5.08. The van der Waals surface area contributed by atoms with E-state index in [4.69, 9.17) is 30.3 Å². The molecule has 4 aromatic rings. The van der Waals surface area contributed by atoms with Gasteiger partial charge >= 0.3 is 24.3 Å². The number of hydrogen-bond donors (Lipinski definition) is 3. The summed E-state index contributed by atoms with van der Waals surface area (Å²) in [4.78, 5) is 36.0. The van der Waals surface area contributed by atoms with E-state index >= 15 is 0 Å². The molecule has 4 N–H and O–H groups in total. The molecule has 1 aliphatic rings. The molecule has 0 aliphatic carbocycles. The lowest BCUT2D eigenvalue weighted by Gasteiger charge is -2.42. The number of fused-ring (bicyclic) bond motifs is 1. The number of benzene rings is 4. The van der Waals surface area contributed by atoms with E-state index in [2.05, 4.69) is 53.1 Å². The fourth-order valence-corrected chi connectivity index (χ4v) is 5.81. The smallest absolute Gasteiger partial charge is 0.489 e. The topological polar surface area (TPSA) is 133 Å². The highest BCUT2D eigenvalue weighted by Crippen LogP contribution is 2.25. The van der Waals surface area contributed by atoms with Crippen LogP contribution in [0.5, 0.6) is 5.75 Å². The molecule has 1 heterocycles. The zero-order valence-corrected chi connectivity index (χ0v) is 29.5. The third kappa shape index (κ3) is 13.7. The third-order valence-corrected chi connectivity index (χ3v) is 8.45. The number of halogens is 6. The number of carbonyl (C=O) groups is 3. The van der Waals surface area contributed by atoms with E-state index in [1.807, 2.05) is 60.7 Å². The van der Waals surface area contributed by atoms with Crippen molar-refractivity contribution in [1.29, 1.82) is 0 Å².